The van der Waals surface area contributed by atoms with Crippen LogP contribution in [0, 0.1) is 5.82 Å². The molecular weight excluding hydrogens is 239 g/mol. The molecule has 1 unspecified atom stereocenters. The van der Waals surface area contributed by atoms with Crippen molar-refractivity contribution in [2.24, 2.45) is 0 Å². The molecule has 0 aromatic heterocycles. The molecule has 0 saturated heterocycles. The summed E-state index contributed by atoms with van der Waals surface area (Å²) in [7, 11) is 0. The summed E-state index contributed by atoms with van der Waals surface area (Å²) < 4.78 is 18.8. The third-order valence-corrected chi connectivity index (χ3v) is 3.61. The quantitative estimate of drug-likeness (QED) is 0.791. The van der Waals surface area contributed by atoms with Crippen molar-refractivity contribution in [2.75, 3.05) is 0 Å². The zero-order chi connectivity index (χ0) is 13.2. The van der Waals surface area contributed by atoms with Gasteiger partial charge < -0.3 is 4.74 Å². The summed E-state index contributed by atoms with van der Waals surface area (Å²) in [5, 5.41) is 0. The van der Waals surface area contributed by atoms with Crippen molar-refractivity contribution in [1.29, 1.82) is 0 Å². The fourth-order valence-corrected chi connectivity index (χ4v) is 2.66. The lowest BCUT2D eigenvalue weighted by atomic mass is 9.96. The summed E-state index contributed by atoms with van der Waals surface area (Å²) in [6.07, 6.45) is 2.21. The van der Waals surface area contributed by atoms with E-state index in [9.17, 15) is 4.39 Å². The van der Waals surface area contributed by atoms with Gasteiger partial charge >= 0.3 is 0 Å². The van der Waals surface area contributed by atoms with Crippen LogP contribution >= 0.6 is 0 Å². The third kappa shape index (κ3) is 2.41. The summed E-state index contributed by atoms with van der Waals surface area (Å²) in [5.41, 5.74) is 4.86. The molecule has 1 aliphatic heterocycles. The molecule has 98 valence electrons. The number of hydrogen-bond acceptors (Lipinski definition) is 1. The smallest absolute Gasteiger partial charge is 0.123 e. The summed E-state index contributed by atoms with van der Waals surface area (Å²) in [4.78, 5) is 0. The van der Waals surface area contributed by atoms with Crippen LogP contribution < -0.4 is 0 Å². The Morgan fingerprint density at radius 2 is 1.95 bits per heavy atom. The lowest BCUT2D eigenvalue weighted by Gasteiger charge is -2.11. The summed E-state index contributed by atoms with van der Waals surface area (Å²) in [6, 6.07) is 13.1. The molecule has 1 nitrogen and oxygen atoms in total. The topological polar surface area (TPSA) is 9.23 Å². The largest absolute Gasteiger partial charge is 0.364 e. The third-order valence-electron chi connectivity index (χ3n) is 3.61. The molecule has 2 aromatic rings. The van der Waals surface area contributed by atoms with Gasteiger partial charge in [0.1, 0.15) is 11.9 Å². The minimum Gasteiger partial charge on any atom is -0.364 e. The molecule has 0 radical (unpaired) electrons. The molecule has 3 rings (SSSR count). The lowest BCUT2D eigenvalue weighted by Crippen LogP contribution is -1.98. The molecule has 0 bridgehead atoms. The van der Waals surface area contributed by atoms with Crippen molar-refractivity contribution in [1.82, 2.24) is 0 Å². The van der Waals surface area contributed by atoms with E-state index < -0.39 is 0 Å². The fourth-order valence-electron chi connectivity index (χ4n) is 2.66. The Hall–Kier alpha value is -1.67. The van der Waals surface area contributed by atoms with E-state index in [1.165, 1.54) is 28.8 Å². The van der Waals surface area contributed by atoms with Crippen LogP contribution in [0.25, 0.3) is 0 Å². The molecule has 0 N–H and O–H groups in total. The maximum Gasteiger partial charge on any atom is 0.123 e. The highest BCUT2D eigenvalue weighted by molar-refractivity contribution is 5.41. The van der Waals surface area contributed by atoms with Gasteiger partial charge in [-0.2, -0.15) is 0 Å². The first kappa shape index (κ1) is 12.4. The predicted molar refractivity (Wildman–Crippen MR) is 73.5 cm³/mol. The summed E-state index contributed by atoms with van der Waals surface area (Å²) in [5.74, 6) is -0.208. The maximum absolute atomic E-state index is 13.0. The maximum atomic E-state index is 13.0. The molecule has 19 heavy (non-hydrogen) atoms. The minimum atomic E-state index is -0.208. The Balaban J connectivity index is 1.91. The zero-order valence-electron chi connectivity index (χ0n) is 11.0. The van der Waals surface area contributed by atoms with E-state index in [-0.39, 0.29) is 11.9 Å². The van der Waals surface area contributed by atoms with Crippen LogP contribution in [0.3, 0.4) is 0 Å². The normalized spacial score (nSPS) is 17.5. The first-order chi connectivity index (χ1) is 9.28. The Morgan fingerprint density at radius 3 is 2.68 bits per heavy atom. The molecule has 0 spiro atoms. The first-order valence-corrected chi connectivity index (χ1v) is 6.76. The predicted octanol–water partition coefficient (Wildman–Crippen LogP) is 4.40. The van der Waals surface area contributed by atoms with E-state index in [4.69, 9.17) is 4.74 Å². The number of ether oxygens (including phenoxy) is 1. The average Bonchev–Trinajstić information content (AvgIpc) is 2.83. The Kier molecular flexibility index (Phi) is 3.34. The van der Waals surface area contributed by atoms with E-state index in [0.29, 0.717) is 6.61 Å². The van der Waals surface area contributed by atoms with E-state index in [2.05, 4.69) is 25.1 Å². The highest BCUT2D eigenvalue weighted by atomic mass is 19.1. The zero-order valence-corrected chi connectivity index (χ0v) is 11.0. The van der Waals surface area contributed by atoms with Crippen molar-refractivity contribution >= 4 is 0 Å². The number of aryl methyl sites for hydroxylation is 1. The monoisotopic (exact) mass is 256 g/mol. The molecule has 0 amide bonds. The molecule has 1 aliphatic rings. The molecule has 1 heterocycles. The van der Waals surface area contributed by atoms with E-state index in [1.54, 1.807) is 12.1 Å². The van der Waals surface area contributed by atoms with Crippen LogP contribution in [0.5, 0.6) is 0 Å². The Labute approximate surface area is 113 Å². The van der Waals surface area contributed by atoms with E-state index in [0.717, 1.165) is 18.4 Å². The number of hydrogen-bond donors (Lipinski definition) is 0. The van der Waals surface area contributed by atoms with Crippen LogP contribution in [-0.2, 0) is 17.8 Å². The van der Waals surface area contributed by atoms with E-state index in [1.807, 2.05) is 0 Å². The van der Waals surface area contributed by atoms with Gasteiger partial charge in [0.2, 0.25) is 0 Å². The Morgan fingerprint density at radius 1 is 1.16 bits per heavy atom. The average molecular weight is 256 g/mol. The van der Waals surface area contributed by atoms with Crippen LogP contribution in [0.2, 0.25) is 0 Å². The molecule has 0 aliphatic carbocycles. The number of fused-ring (bicyclic) bond motifs is 1. The SMILES string of the molecule is CCCc1ccc2c(c1)COC2c1ccc(F)cc1. The van der Waals surface area contributed by atoms with Crippen molar-refractivity contribution in [2.45, 2.75) is 32.5 Å². The highest BCUT2D eigenvalue weighted by Gasteiger charge is 2.24. The number of benzene rings is 2. The van der Waals surface area contributed by atoms with Crippen molar-refractivity contribution < 1.29 is 9.13 Å². The van der Waals surface area contributed by atoms with Gasteiger partial charge in [-0.15, -0.1) is 0 Å². The van der Waals surface area contributed by atoms with Crippen LogP contribution in [-0.4, -0.2) is 0 Å². The van der Waals surface area contributed by atoms with Crippen molar-refractivity contribution in [3.63, 3.8) is 0 Å². The standard InChI is InChI=1S/C17H17FO/c1-2-3-12-4-9-16-14(10-12)11-19-17(16)13-5-7-15(18)8-6-13/h4-10,17H,2-3,11H2,1H3. The second-order valence-corrected chi connectivity index (χ2v) is 5.03. The molecular formula is C17H17FO. The lowest BCUT2D eigenvalue weighted by molar-refractivity contribution is 0.0939. The van der Waals surface area contributed by atoms with Gasteiger partial charge in [0, 0.05) is 0 Å². The van der Waals surface area contributed by atoms with Gasteiger partial charge in [-0.1, -0.05) is 43.7 Å². The second-order valence-electron chi connectivity index (χ2n) is 5.03. The van der Waals surface area contributed by atoms with Gasteiger partial charge in [-0.3, -0.25) is 0 Å². The van der Waals surface area contributed by atoms with Crippen LogP contribution in [0.1, 0.15) is 41.7 Å². The second kappa shape index (κ2) is 5.14. The minimum absolute atomic E-state index is 0.0497. The van der Waals surface area contributed by atoms with Crippen molar-refractivity contribution in [3.8, 4) is 0 Å². The van der Waals surface area contributed by atoms with Crippen LogP contribution in [0.4, 0.5) is 4.39 Å². The van der Waals surface area contributed by atoms with Crippen molar-refractivity contribution in [3.05, 3.63) is 70.5 Å². The number of halogens is 1. The Bertz CT molecular complexity index is 574. The fraction of sp³-hybridized carbons (Fsp3) is 0.294. The summed E-state index contributed by atoms with van der Waals surface area (Å²) >= 11 is 0. The van der Waals surface area contributed by atoms with Gasteiger partial charge in [0.15, 0.2) is 0 Å². The number of rotatable bonds is 3. The molecule has 2 aromatic carbocycles. The molecule has 1 atom stereocenters. The highest BCUT2D eigenvalue weighted by Crippen LogP contribution is 2.36. The first-order valence-electron chi connectivity index (χ1n) is 6.76. The van der Waals surface area contributed by atoms with Gasteiger partial charge in [0.25, 0.3) is 0 Å². The molecule has 2 heteroatoms. The van der Waals surface area contributed by atoms with Gasteiger partial charge in [-0.05, 0) is 40.8 Å². The van der Waals surface area contributed by atoms with Gasteiger partial charge in [-0.25, -0.2) is 4.39 Å². The summed E-state index contributed by atoms with van der Waals surface area (Å²) in [6.45, 7) is 2.83. The van der Waals surface area contributed by atoms with Gasteiger partial charge in [0.05, 0.1) is 6.61 Å². The van der Waals surface area contributed by atoms with E-state index >= 15 is 0 Å². The van der Waals surface area contributed by atoms with Crippen LogP contribution in [0.15, 0.2) is 42.5 Å². The molecule has 0 saturated carbocycles. The molecule has 0 fully saturated rings.